The van der Waals surface area contributed by atoms with Crippen LogP contribution in [0.15, 0.2) is 88.8 Å². The van der Waals surface area contributed by atoms with Crippen molar-refractivity contribution in [2.45, 2.75) is 13.5 Å². The summed E-state index contributed by atoms with van der Waals surface area (Å²) in [6.07, 6.45) is 1.89. The summed E-state index contributed by atoms with van der Waals surface area (Å²) in [6, 6.07) is 26.1. The number of amides is 1. The van der Waals surface area contributed by atoms with Crippen LogP contribution in [-0.4, -0.2) is 17.7 Å². The number of hydrogen-bond donors (Lipinski definition) is 1. The van der Waals surface area contributed by atoms with Gasteiger partial charge in [-0.3, -0.25) is 4.79 Å². The number of aliphatic imine (C=N–C) groups is 1. The number of hydrogen-bond acceptors (Lipinski definition) is 5. The maximum atomic E-state index is 12.6. The number of thioether (sulfide) groups is 1. The smallest absolute Gasteiger partial charge is 0.264 e. The second kappa shape index (κ2) is 11.9. The van der Waals surface area contributed by atoms with Gasteiger partial charge in [0.25, 0.3) is 5.91 Å². The number of carbonyl (C=O) groups is 1. The monoisotopic (exact) mass is 732 g/mol. The third-order valence-electron chi connectivity index (χ3n) is 5.60. The number of amidine groups is 1. The highest BCUT2D eigenvalue weighted by molar-refractivity contribution is 14.1. The lowest BCUT2D eigenvalue weighted by atomic mass is 10.1. The Balaban J connectivity index is 1.31. The van der Waals surface area contributed by atoms with Gasteiger partial charge in [0.15, 0.2) is 5.17 Å². The SMILES string of the molecule is CCOc1ccc(N=C2NC(=O)/C(=C\c3cc(I)c(OCc4cccc5ccccc45)c(I)c3)S2)cc1. The summed E-state index contributed by atoms with van der Waals surface area (Å²) in [7, 11) is 0. The van der Waals surface area contributed by atoms with Crippen LogP contribution in [0, 0.1) is 7.14 Å². The van der Waals surface area contributed by atoms with Crippen molar-refractivity contribution in [1.82, 2.24) is 5.32 Å². The van der Waals surface area contributed by atoms with Crippen LogP contribution in [0.2, 0.25) is 0 Å². The van der Waals surface area contributed by atoms with Gasteiger partial charge in [0.1, 0.15) is 18.1 Å². The molecule has 1 fully saturated rings. The number of nitrogens with one attached hydrogen (secondary N) is 1. The highest BCUT2D eigenvalue weighted by Gasteiger charge is 2.24. The Hall–Kier alpha value is -2.57. The van der Waals surface area contributed by atoms with Gasteiger partial charge in [-0.25, -0.2) is 4.99 Å². The van der Waals surface area contributed by atoms with Gasteiger partial charge in [-0.15, -0.1) is 0 Å². The van der Waals surface area contributed by atoms with Crippen LogP contribution in [-0.2, 0) is 11.4 Å². The highest BCUT2D eigenvalue weighted by Crippen LogP contribution is 2.34. The van der Waals surface area contributed by atoms with Gasteiger partial charge in [0, 0.05) is 0 Å². The summed E-state index contributed by atoms with van der Waals surface area (Å²) in [5, 5.41) is 5.81. The van der Waals surface area contributed by atoms with E-state index in [1.165, 1.54) is 22.5 Å². The maximum Gasteiger partial charge on any atom is 0.264 e. The Kier molecular flexibility index (Phi) is 8.36. The van der Waals surface area contributed by atoms with E-state index in [2.05, 4.69) is 85.8 Å². The average molecular weight is 732 g/mol. The Morgan fingerprint density at radius 2 is 1.68 bits per heavy atom. The number of benzene rings is 4. The Morgan fingerprint density at radius 1 is 0.946 bits per heavy atom. The third kappa shape index (κ3) is 6.29. The Labute approximate surface area is 247 Å². The van der Waals surface area contributed by atoms with Crippen LogP contribution < -0.4 is 14.8 Å². The highest BCUT2D eigenvalue weighted by atomic mass is 127. The largest absolute Gasteiger partial charge is 0.494 e. The molecule has 0 aromatic heterocycles. The fourth-order valence-corrected chi connectivity index (χ4v) is 6.87. The number of rotatable bonds is 7. The minimum absolute atomic E-state index is 0.156. The predicted octanol–water partition coefficient (Wildman–Crippen LogP) is 7.92. The minimum atomic E-state index is -0.156. The van der Waals surface area contributed by atoms with Gasteiger partial charge >= 0.3 is 0 Å². The summed E-state index contributed by atoms with van der Waals surface area (Å²) in [6.45, 7) is 3.04. The zero-order chi connectivity index (χ0) is 25.8. The van der Waals surface area contributed by atoms with Crippen molar-refractivity contribution in [2.24, 2.45) is 4.99 Å². The van der Waals surface area contributed by atoms with E-state index in [0.29, 0.717) is 23.3 Å². The van der Waals surface area contributed by atoms with Crippen molar-refractivity contribution < 1.29 is 14.3 Å². The molecule has 1 N–H and O–H groups in total. The van der Waals surface area contributed by atoms with Crippen molar-refractivity contribution >= 4 is 90.6 Å². The summed E-state index contributed by atoms with van der Waals surface area (Å²) < 4.78 is 13.7. The molecule has 1 heterocycles. The molecule has 0 atom stereocenters. The minimum Gasteiger partial charge on any atom is -0.494 e. The lowest BCUT2D eigenvalue weighted by Gasteiger charge is -2.13. The molecule has 0 bridgehead atoms. The number of nitrogens with zero attached hydrogens (tertiary/aromatic N) is 1. The molecule has 0 saturated carbocycles. The van der Waals surface area contributed by atoms with Gasteiger partial charge in [0.05, 0.1) is 24.3 Å². The van der Waals surface area contributed by atoms with Crippen LogP contribution in [0.25, 0.3) is 16.8 Å². The summed E-state index contributed by atoms with van der Waals surface area (Å²) in [4.78, 5) is 17.7. The van der Waals surface area contributed by atoms with Gasteiger partial charge in [0.2, 0.25) is 0 Å². The predicted molar refractivity (Wildman–Crippen MR) is 169 cm³/mol. The quantitative estimate of drug-likeness (QED) is 0.155. The van der Waals surface area contributed by atoms with Crippen molar-refractivity contribution in [3.05, 3.63) is 102 Å². The first-order valence-electron chi connectivity index (χ1n) is 11.6. The Bertz CT molecular complexity index is 1510. The summed E-state index contributed by atoms with van der Waals surface area (Å²) in [5.74, 6) is 1.48. The molecule has 0 radical (unpaired) electrons. The topological polar surface area (TPSA) is 59.9 Å². The van der Waals surface area contributed by atoms with Gasteiger partial charge in [-0.05, 0) is 128 Å². The first-order chi connectivity index (χ1) is 18.0. The van der Waals surface area contributed by atoms with Crippen LogP contribution in [0.5, 0.6) is 11.5 Å². The zero-order valence-corrected chi connectivity index (χ0v) is 25.0. The molecule has 1 amide bonds. The Morgan fingerprint density at radius 3 is 2.43 bits per heavy atom. The zero-order valence-electron chi connectivity index (χ0n) is 19.8. The number of carbonyl (C=O) groups excluding carboxylic acids is 1. The fourth-order valence-electron chi connectivity index (χ4n) is 3.90. The second-order valence-electron chi connectivity index (χ2n) is 8.15. The summed E-state index contributed by atoms with van der Waals surface area (Å²) >= 11 is 5.91. The molecule has 0 aliphatic carbocycles. The molecule has 37 heavy (non-hydrogen) atoms. The number of fused-ring (bicyclic) bond motifs is 1. The van der Waals surface area contributed by atoms with Crippen molar-refractivity contribution in [3.63, 3.8) is 0 Å². The van der Waals surface area contributed by atoms with Gasteiger partial charge in [-0.1, -0.05) is 42.5 Å². The summed E-state index contributed by atoms with van der Waals surface area (Å²) in [5.41, 5.74) is 2.84. The first kappa shape index (κ1) is 26.1. The molecule has 4 aromatic rings. The molecule has 5 rings (SSSR count). The molecule has 1 aliphatic rings. The van der Waals surface area contributed by atoms with E-state index in [1.54, 1.807) is 0 Å². The molecule has 1 aliphatic heterocycles. The maximum absolute atomic E-state index is 12.6. The molecule has 4 aromatic carbocycles. The standard InChI is InChI=1S/C29H22I2N2O3S/c1-2-35-22-12-10-21(11-13-22)32-29-33-28(34)26(37-29)16-18-14-24(30)27(25(31)15-18)36-17-20-8-5-7-19-6-3-4-9-23(19)20/h3-16H,2,17H2,1H3,(H,32,33,34)/b26-16+. The number of ether oxygens (including phenoxy) is 2. The second-order valence-corrected chi connectivity index (χ2v) is 11.5. The van der Waals surface area contributed by atoms with E-state index in [-0.39, 0.29) is 5.91 Å². The fraction of sp³-hybridized carbons (Fsp3) is 0.103. The molecular formula is C29H22I2N2O3S. The van der Waals surface area contributed by atoms with Crippen molar-refractivity contribution in [2.75, 3.05) is 6.61 Å². The van der Waals surface area contributed by atoms with E-state index in [4.69, 9.17) is 9.47 Å². The molecule has 186 valence electrons. The molecule has 5 nitrogen and oxygen atoms in total. The molecular weight excluding hydrogens is 710 g/mol. The van der Waals surface area contributed by atoms with Crippen LogP contribution in [0.4, 0.5) is 5.69 Å². The molecule has 8 heteroatoms. The number of halogens is 2. The van der Waals surface area contributed by atoms with Crippen molar-refractivity contribution in [3.8, 4) is 11.5 Å². The van der Waals surface area contributed by atoms with E-state index in [0.717, 1.165) is 35.5 Å². The lowest BCUT2D eigenvalue weighted by molar-refractivity contribution is -0.115. The van der Waals surface area contributed by atoms with Crippen molar-refractivity contribution in [1.29, 1.82) is 0 Å². The van der Waals surface area contributed by atoms with Crippen LogP contribution >= 0.6 is 56.9 Å². The molecule has 1 saturated heterocycles. The van der Waals surface area contributed by atoms with E-state index in [9.17, 15) is 4.79 Å². The van der Waals surface area contributed by atoms with Gasteiger partial charge in [-0.2, -0.15) is 0 Å². The lowest BCUT2D eigenvalue weighted by Crippen LogP contribution is -2.19. The van der Waals surface area contributed by atoms with Crippen LogP contribution in [0.3, 0.4) is 0 Å². The van der Waals surface area contributed by atoms with Gasteiger partial charge < -0.3 is 14.8 Å². The average Bonchev–Trinajstić information content (AvgIpc) is 3.23. The van der Waals surface area contributed by atoms with E-state index in [1.807, 2.05) is 61.5 Å². The normalized spacial score (nSPS) is 15.4. The van der Waals surface area contributed by atoms with Crippen LogP contribution in [0.1, 0.15) is 18.1 Å². The first-order valence-corrected chi connectivity index (χ1v) is 14.6. The van der Waals surface area contributed by atoms with E-state index < -0.39 is 0 Å². The molecule has 0 spiro atoms. The molecule has 0 unspecified atom stereocenters. The van der Waals surface area contributed by atoms with E-state index >= 15 is 0 Å². The third-order valence-corrected chi connectivity index (χ3v) is 8.11.